The smallest absolute Gasteiger partial charge is 0.0638 e. The van der Waals surface area contributed by atoms with E-state index in [1.807, 2.05) is 0 Å². The number of hydrogen-bond acceptors (Lipinski definition) is 2. The predicted molar refractivity (Wildman–Crippen MR) is 74.2 cm³/mol. The lowest BCUT2D eigenvalue weighted by molar-refractivity contribution is 0.406. The third-order valence-electron chi connectivity index (χ3n) is 3.89. The van der Waals surface area contributed by atoms with Gasteiger partial charge in [-0.05, 0) is 36.8 Å². The minimum Gasteiger partial charge on any atom is -0.306 e. The van der Waals surface area contributed by atoms with Crippen LogP contribution < -0.4 is 5.32 Å². The molecule has 18 heavy (non-hydrogen) atoms. The largest absolute Gasteiger partial charge is 0.306 e. The van der Waals surface area contributed by atoms with Gasteiger partial charge >= 0.3 is 0 Å². The maximum atomic E-state index is 8.86. The summed E-state index contributed by atoms with van der Waals surface area (Å²) in [4.78, 5) is 0. The summed E-state index contributed by atoms with van der Waals surface area (Å²) in [6.45, 7) is 2.15. The molecule has 0 saturated heterocycles. The molecule has 2 nitrogen and oxygen atoms in total. The number of nitrogens with one attached hydrogen (secondary N) is 1. The molecule has 0 saturated carbocycles. The Morgan fingerprint density at radius 3 is 3.00 bits per heavy atom. The molecule has 96 valence electrons. The molecule has 2 rings (SSSR count). The van der Waals surface area contributed by atoms with E-state index in [9.17, 15) is 0 Å². The van der Waals surface area contributed by atoms with Gasteiger partial charge in [0.1, 0.15) is 0 Å². The number of nitrogens with zero attached hydrogens (tertiary/aromatic N) is 1. The first-order valence-electron chi connectivity index (χ1n) is 7.06. The van der Waals surface area contributed by atoms with E-state index in [1.165, 1.54) is 36.8 Å². The molecule has 2 heteroatoms. The summed E-state index contributed by atoms with van der Waals surface area (Å²) < 4.78 is 0. The topological polar surface area (TPSA) is 35.8 Å². The van der Waals surface area contributed by atoms with Gasteiger partial charge in [0.2, 0.25) is 0 Å². The molecular formula is C16H22N2. The van der Waals surface area contributed by atoms with Crippen molar-refractivity contribution < 1.29 is 0 Å². The molecule has 0 radical (unpaired) electrons. The highest BCUT2D eigenvalue weighted by Crippen LogP contribution is 2.29. The summed E-state index contributed by atoms with van der Waals surface area (Å²) in [7, 11) is 0. The number of aryl methyl sites for hydroxylation is 1. The van der Waals surface area contributed by atoms with E-state index >= 15 is 0 Å². The van der Waals surface area contributed by atoms with Crippen LogP contribution in [0.25, 0.3) is 0 Å². The van der Waals surface area contributed by atoms with E-state index in [2.05, 4.69) is 42.6 Å². The minimum absolute atomic E-state index is 0.325. The van der Waals surface area contributed by atoms with E-state index in [1.54, 1.807) is 0 Å². The van der Waals surface area contributed by atoms with Crippen LogP contribution in [-0.2, 0) is 6.42 Å². The van der Waals surface area contributed by atoms with Crippen molar-refractivity contribution in [1.29, 1.82) is 5.26 Å². The first-order chi connectivity index (χ1) is 8.85. The van der Waals surface area contributed by atoms with E-state index < -0.39 is 0 Å². The quantitative estimate of drug-likeness (QED) is 0.816. The Bertz CT molecular complexity index is 419. The molecule has 1 aromatic rings. The van der Waals surface area contributed by atoms with Crippen molar-refractivity contribution in [3.05, 3.63) is 35.4 Å². The van der Waals surface area contributed by atoms with Gasteiger partial charge in [0.25, 0.3) is 0 Å². The van der Waals surface area contributed by atoms with Gasteiger partial charge in [0.05, 0.1) is 12.5 Å². The molecule has 0 amide bonds. The number of nitriles is 1. The van der Waals surface area contributed by atoms with Crippen LogP contribution >= 0.6 is 0 Å². The monoisotopic (exact) mass is 242 g/mol. The van der Waals surface area contributed by atoms with Crippen LogP contribution in [0, 0.1) is 11.3 Å². The summed E-state index contributed by atoms with van der Waals surface area (Å²) in [5.74, 6) is 0. The Balaban J connectivity index is 2.15. The van der Waals surface area contributed by atoms with Gasteiger partial charge in [-0.2, -0.15) is 5.26 Å². The van der Waals surface area contributed by atoms with E-state index in [4.69, 9.17) is 5.26 Å². The van der Waals surface area contributed by atoms with Crippen molar-refractivity contribution >= 4 is 0 Å². The number of hydrogen-bond donors (Lipinski definition) is 1. The molecule has 2 atom stereocenters. The Kier molecular flexibility index (Phi) is 4.78. The maximum Gasteiger partial charge on any atom is 0.0638 e. The van der Waals surface area contributed by atoms with E-state index in [-0.39, 0.29) is 0 Å². The highest BCUT2D eigenvalue weighted by molar-refractivity contribution is 5.31. The van der Waals surface area contributed by atoms with Crippen LogP contribution in [0.4, 0.5) is 0 Å². The second-order valence-corrected chi connectivity index (χ2v) is 5.13. The van der Waals surface area contributed by atoms with Crippen molar-refractivity contribution in [2.75, 3.05) is 0 Å². The SMILES string of the molecule is CCC(CC#N)NC1CCCCc2ccccc21. The maximum absolute atomic E-state index is 8.86. The lowest BCUT2D eigenvalue weighted by Gasteiger charge is -2.24. The molecule has 0 aromatic heterocycles. The highest BCUT2D eigenvalue weighted by Gasteiger charge is 2.20. The summed E-state index contributed by atoms with van der Waals surface area (Å²) in [5.41, 5.74) is 2.94. The zero-order chi connectivity index (χ0) is 12.8. The number of benzene rings is 1. The fraction of sp³-hybridized carbons (Fsp3) is 0.562. The molecule has 2 unspecified atom stereocenters. The van der Waals surface area contributed by atoms with Crippen LogP contribution in [-0.4, -0.2) is 6.04 Å². The first kappa shape index (κ1) is 13.1. The Morgan fingerprint density at radius 1 is 1.39 bits per heavy atom. The van der Waals surface area contributed by atoms with Crippen molar-refractivity contribution in [3.8, 4) is 6.07 Å². The van der Waals surface area contributed by atoms with Gasteiger partial charge in [-0.15, -0.1) is 0 Å². The van der Waals surface area contributed by atoms with Crippen LogP contribution in [0.1, 0.15) is 56.2 Å². The normalized spacial score (nSPS) is 20.6. The van der Waals surface area contributed by atoms with Crippen molar-refractivity contribution in [2.24, 2.45) is 0 Å². The molecule has 0 aliphatic heterocycles. The van der Waals surface area contributed by atoms with Crippen LogP contribution in [0.3, 0.4) is 0 Å². The third-order valence-corrected chi connectivity index (χ3v) is 3.89. The molecule has 1 N–H and O–H groups in total. The Morgan fingerprint density at radius 2 is 2.22 bits per heavy atom. The zero-order valence-corrected chi connectivity index (χ0v) is 11.2. The van der Waals surface area contributed by atoms with Crippen LogP contribution in [0.15, 0.2) is 24.3 Å². The van der Waals surface area contributed by atoms with Gasteiger partial charge in [-0.25, -0.2) is 0 Å². The molecule has 1 aromatic carbocycles. The molecule has 1 aliphatic carbocycles. The molecule has 0 bridgehead atoms. The van der Waals surface area contributed by atoms with Crippen molar-refractivity contribution in [2.45, 2.75) is 57.5 Å². The van der Waals surface area contributed by atoms with Gasteiger partial charge in [0.15, 0.2) is 0 Å². The Labute approximate surface area is 110 Å². The van der Waals surface area contributed by atoms with Gasteiger partial charge in [-0.1, -0.05) is 37.6 Å². The molecule has 0 spiro atoms. The van der Waals surface area contributed by atoms with Gasteiger partial charge < -0.3 is 5.32 Å². The average Bonchev–Trinajstić information content (AvgIpc) is 2.61. The second-order valence-electron chi connectivity index (χ2n) is 5.13. The van der Waals surface area contributed by atoms with Crippen molar-refractivity contribution in [3.63, 3.8) is 0 Å². The zero-order valence-electron chi connectivity index (χ0n) is 11.2. The second kappa shape index (κ2) is 6.56. The predicted octanol–water partition coefficient (Wildman–Crippen LogP) is 3.74. The van der Waals surface area contributed by atoms with Crippen molar-refractivity contribution in [1.82, 2.24) is 5.32 Å². The number of rotatable bonds is 4. The number of fused-ring (bicyclic) bond motifs is 1. The summed E-state index contributed by atoms with van der Waals surface area (Å²) >= 11 is 0. The Hall–Kier alpha value is -1.33. The fourth-order valence-electron chi connectivity index (χ4n) is 2.81. The standard InChI is InChI=1S/C16H22N2/c1-2-14(11-12-17)18-16-10-6-4-8-13-7-3-5-9-15(13)16/h3,5,7,9,14,16,18H,2,4,6,8,10-11H2,1H3. The van der Waals surface area contributed by atoms with E-state index in [0.717, 1.165) is 6.42 Å². The lowest BCUT2D eigenvalue weighted by atomic mass is 9.97. The summed E-state index contributed by atoms with van der Waals surface area (Å²) in [5, 5.41) is 12.5. The third kappa shape index (κ3) is 3.11. The van der Waals surface area contributed by atoms with Gasteiger partial charge in [-0.3, -0.25) is 0 Å². The lowest BCUT2D eigenvalue weighted by Crippen LogP contribution is -2.32. The minimum atomic E-state index is 0.325. The fourth-order valence-corrected chi connectivity index (χ4v) is 2.81. The van der Waals surface area contributed by atoms with Crippen LogP contribution in [0.5, 0.6) is 0 Å². The van der Waals surface area contributed by atoms with E-state index in [0.29, 0.717) is 18.5 Å². The highest BCUT2D eigenvalue weighted by atomic mass is 14.9. The molecule has 0 heterocycles. The molecular weight excluding hydrogens is 220 g/mol. The average molecular weight is 242 g/mol. The summed E-state index contributed by atoms with van der Waals surface area (Å²) in [6, 6.07) is 11.8. The summed E-state index contributed by atoms with van der Waals surface area (Å²) in [6.07, 6.45) is 6.57. The van der Waals surface area contributed by atoms with Gasteiger partial charge in [0, 0.05) is 12.1 Å². The molecule has 0 fully saturated rings. The molecule has 1 aliphatic rings. The first-order valence-corrected chi connectivity index (χ1v) is 7.06. The van der Waals surface area contributed by atoms with Crippen LogP contribution in [0.2, 0.25) is 0 Å².